The van der Waals surface area contributed by atoms with Gasteiger partial charge in [-0.2, -0.15) is 0 Å². The highest BCUT2D eigenvalue weighted by Gasteiger charge is 2.78. The molecule has 2 bridgehead atoms. The molecular weight excluding hydrogens is 520 g/mol. The zero-order valence-electron chi connectivity index (χ0n) is 26.6. The number of hydrogen-bond acceptors (Lipinski definition) is 6. The molecule has 3 fully saturated rings. The second kappa shape index (κ2) is 8.74. The molecule has 0 aromatic rings. The van der Waals surface area contributed by atoms with Gasteiger partial charge in [0, 0.05) is 21.6 Å². The molecule has 4 aliphatic carbocycles. The van der Waals surface area contributed by atoms with Gasteiger partial charge in [0.05, 0.1) is 12.0 Å². The van der Waals surface area contributed by atoms with Crippen LogP contribution in [-0.4, -0.2) is 49.8 Å². The SMILES string of the molecule is C/C=C(/C)C(=O)O[C@H]1C(C)=C[C@]23C(=O)[C@@H](C=C4CO[Si](C(C)(C)C)(C(C)(C)C)O[C@H]4[C@]12O)[C@H]1[C@@H](C[C@H]3C)C1(C)C. The van der Waals surface area contributed by atoms with Gasteiger partial charge in [-0.1, -0.05) is 80.5 Å². The maximum Gasteiger partial charge on any atom is 0.350 e. The molecule has 1 aliphatic heterocycles. The summed E-state index contributed by atoms with van der Waals surface area (Å²) >= 11 is 0. The molecule has 0 aromatic carbocycles. The fourth-order valence-electron chi connectivity index (χ4n) is 9.34. The van der Waals surface area contributed by atoms with Crippen molar-refractivity contribution in [3.05, 3.63) is 34.9 Å². The summed E-state index contributed by atoms with van der Waals surface area (Å²) in [6.07, 6.45) is 4.73. The summed E-state index contributed by atoms with van der Waals surface area (Å²) in [7, 11) is -3.07. The van der Waals surface area contributed by atoms with Gasteiger partial charge in [-0.15, -0.1) is 0 Å². The monoisotopic (exact) mass is 570 g/mol. The van der Waals surface area contributed by atoms with Crippen LogP contribution in [0.1, 0.15) is 89.5 Å². The molecule has 40 heavy (non-hydrogen) atoms. The normalized spacial score (nSPS) is 41.9. The largest absolute Gasteiger partial charge is 0.451 e. The smallest absolute Gasteiger partial charge is 0.350 e. The van der Waals surface area contributed by atoms with E-state index in [0.29, 0.717) is 23.7 Å². The van der Waals surface area contributed by atoms with Gasteiger partial charge in [0.25, 0.3) is 0 Å². The second-order valence-corrected chi connectivity index (χ2v) is 20.7. The van der Waals surface area contributed by atoms with Gasteiger partial charge in [0.2, 0.25) is 0 Å². The number of aliphatic hydroxyl groups is 1. The number of allylic oxidation sites excluding steroid dienone is 2. The first-order valence-corrected chi connectivity index (χ1v) is 16.9. The number of hydrogen-bond donors (Lipinski definition) is 1. The Morgan fingerprint density at radius 3 is 2.33 bits per heavy atom. The molecule has 0 radical (unpaired) electrons. The van der Waals surface area contributed by atoms with E-state index in [4.69, 9.17) is 13.6 Å². The minimum absolute atomic E-state index is 0.0329. The van der Waals surface area contributed by atoms with Crippen LogP contribution in [0.5, 0.6) is 0 Å². The lowest BCUT2D eigenvalue weighted by Gasteiger charge is -2.58. The lowest BCUT2D eigenvalue weighted by molar-refractivity contribution is -0.205. The highest BCUT2D eigenvalue weighted by molar-refractivity contribution is 6.73. The standard InChI is InChI=1S/C33H50O6Si/c1-13-18(2)28(35)38-26-19(3)16-32-20(4)14-23-24(31(23,11)12)22(25(32)34)15-21-17-37-40(29(5,6)7,30(8,9)10)39-27(21)33(26,32)36/h13,15-16,20,22-24,26-27,36H,14,17H2,1-12H3/b18-13-/t20-,22+,23-,24+,26+,27-,32+,33-/m1/s1. The molecule has 1 saturated heterocycles. The van der Waals surface area contributed by atoms with E-state index in [1.54, 1.807) is 19.9 Å². The number of ketones is 1. The number of carbonyl (C=O) groups is 2. The van der Waals surface area contributed by atoms with Crippen molar-refractivity contribution >= 4 is 20.3 Å². The lowest BCUT2D eigenvalue weighted by atomic mass is 9.59. The second-order valence-electron chi connectivity index (χ2n) is 16.0. The van der Waals surface area contributed by atoms with Gasteiger partial charge < -0.3 is 18.7 Å². The highest BCUT2D eigenvalue weighted by Crippen LogP contribution is 2.72. The molecule has 7 heteroatoms. The Kier molecular flexibility index (Phi) is 6.54. The summed E-state index contributed by atoms with van der Waals surface area (Å²) in [4.78, 5) is 28.2. The average Bonchev–Trinajstić information content (AvgIpc) is 3.34. The molecule has 5 rings (SSSR count). The number of carbonyl (C=O) groups excluding carboxylic acids is 2. The number of fused-ring (bicyclic) bond motifs is 5. The van der Waals surface area contributed by atoms with E-state index in [2.05, 4.69) is 68.4 Å². The van der Waals surface area contributed by atoms with Gasteiger partial charge in [-0.25, -0.2) is 4.79 Å². The molecule has 8 atom stereocenters. The van der Waals surface area contributed by atoms with Crippen LogP contribution in [-0.2, 0) is 23.2 Å². The van der Waals surface area contributed by atoms with Crippen molar-refractivity contribution in [1.82, 2.24) is 0 Å². The van der Waals surface area contributed by atoms with E-state index in [-0.39, 0.29) is 39.0 Å². The summed E-state index contributed by atoms with van der Waals surface area (Å²) in [5, 5.41) is 12.8. The van der Waals surface area contributed by atoms with Crippen molar-refractivity contribution in [2.75, 3.05) is 6.61 Å². The van der Waals surface area contributed by atoms with Crippen molar-refractivity contribution < 1.29 is 28.3 Å². The predicted molar refractivity (Wildman–Crippen MR) is 158 cm³/mol. The van der Waals surface area contributed by atoms with Crippen molar-refractivity contribution in [3.63, 3.8) is 0 Å². The molecule has 222 valence electrons. The van der Waals surface area contributed by atoms with Gasteiger partial charge >= 0.3 is 14.5 Å². The van der Waals surface area contributed by atoms with Gasteiger partial charge in [-0.3, -0.25) is 4.79 Å². The first-order valence-electron chi connectivity index (χ1n) is 15.0. The Morgan fingerprint density at radius 1 is 1.18 bits per heavy atom. The van der Waals surface area contributed by atoms with Crippen LogP contribution < -0.4 is 0 Å². The van der Waals surface area contributed by atoms with Gasteiger partial charge in [-0.05, 0) is 61.5 Å². The van der Waals surface area contributed by atoms with Crippen molar-refractivity contribution in [2.45, 2.75) is 117 Å². The van der Waals surface area contributed by atoms with E-state index < -0.39 is 37.8 Å². The van der Waals surface area contributed by atoms with Crippen molar-refractivity contribution in [2.24, 2.45) is 34.5 Å². The topological polar surface area (TPSA) is 82.1 Å². The Morgan fingerprint density at radius 2 is 1.77 bits per heavy atom. The zero-order valence-corrected chi connectivity index (χ0v) is 27.6. The van der Waals surface area contributed by atoms with Crippen LogP contribution in [0.15, 0.2) is 34.9 Å². The first kappa shape index (κ1) is 29.9. The summed E-state index contributed by atoms with van der Waals surface area (Å²) in [6, 6.07) is 0. The maximum absolute atomic E-state index is 15.0. The Bertz CT molecular complexity index is 1210. The van der Waals surface area contributed by atoms with E-state index in [1.165, 1.54) is 0 Å². The minimum Gasteiger partial charge on any atom is -0.451 e. The molecule has 1 N–H and O–H groups in total. The summed E-state index contributed by atoms with van der Waals surface area (Å²) in [5.74, 6) is -0.380. The maximum atomic E-state index is 15.0. The molecule has 0 aromatic heterocycles. The third-order valence-corrected chi connectivity index (χ3v) is 16.4. The van der Waals surface area contributed by atoms with Crippen LogP contribution in [0.25, 0.3) is 0 Å². The third kappa shape index (κ3) is 3.56. The van der Waals surface area contributed by atoms with Crippen LogP contribution in [0, 0.1) is 34.5 Å². The van der Waals surface area contributed by atoms with Crippen LogP contribution in [0.4, 0.5) is 0 Å². The molecule has 0 amide bonds. The molecule has 5 aliphatic rings. The van der Waals surface area contributed by atoms with E-state index in [9.17, 15) is 14.7 Å². The van der Waals surface area contributed by atoms with Gasteiger partial charge in [0.1, 0.15) is 6.10 Å². The quantitative estimate of drug-likeness (QED) is 0.178. The number of rotatable bonds is 2. The summed E-state index contributed by atoms with van der Waals surface area (Å²) < 4.78 is 20.3. The van der Waals surface area contributed by atoms with Crippen LogP contribution >= 0.6 is 0 Å². The predicted octanol–water partition coefficient (Wildman–Crippen LogP) is 6.44. The fourth-order valence-corrected chi connectivity index (χ4v) is 14.3. The molecule has 1 spiro atoms. The van der Waals surface area contributed by atoms with Crippen LogP contribution in [0.2, 0.25) is 10.1 Å². The molecular formula is C33H50O6Si. The number of esters is 1. The third-order valence-electron chi connectivity index (χ3n) is 11.4. The van der Waals surface area contributed by atoms with E-state index in [1.807, 2.05) is 13.0 Å². The van der Waals surface area contributed by atoms with E-state index >= 15 is 0 Å². The Labute approximate surface area is 241 Å². The minimum atomic E-state index is -3.07. The van der Waals surface area contributed by atoms with Crippen molar-refractivity contribution in [3.8, 4) is 0 Å². The van der Waals surface area contributed by atoms with Gasteiger partial charge in [0.15, 0.2) is 17.5 Å². The van der Waals surface area contributed by atoms with Crippen molar-refractivity contribution in [1.29, 1.82) is 0 Å². The first-order chi connectivity index (χ1) is 18.2. The zero-order chi connectivity index (χ0) is 30.0. The summed E-state index contributed by atoms with van der Waals surface area (Å²) in [6.45, 7) is 25.2. The molecule has 0 unspecified atom stereocenters. The number of ether oxygens (including phenoxy) is 1. The molecule has 6 nitrogen and oxygen atoms in total. The summed E-state index contributed by atoms with van der Waals surface area (Å²) in [5.41, 5.74) is -1.01. The Hall–Kier alpha value is -1.54. The highest BCUT2D eigenvalue weighted by atomic mass is 28.4. The Balaban J connectivity index is 1.77. The molecule has 1 heterocycles. The lowest BCUT2D eigenvalue weighted by Crippen LogP contribution is -2.72. The fraction of sp³-hybridized carbons (Fsp3) is 0.758. The van der Waals surface area contributed by atoms with Crippen LogP contribution in [0.3, 0.4) is 0 Å². The van der Waals surface area contributed by atoms with E-state index in [0.717, 1.165) is 12.0 Å². The molecule has 2 saturated carbocycles. The average molecular weight is 571 g/mol. The number of Topliss-reactive ketones (excluding diaryl/α,β-unsaturated/α-hetero) is 1.